The van der Waals surface area contributed by atoms with Crippen molar-refractivity contribution < 1.29 is 24.9 Å². The minimum absolute atomic E-state index is 0.0664. The lowest BCUT2D eigenvalue weighted by atomic mass is 9.79. The van der Waals surface area contributed by atoms with Gasteiger partial charge in [-0.15, -0.1) is 11.8 Å². The molecule has 30 heavy (non-hydrogen) atoms. The van der Waals surface area contributed by atoms with E-state index in [0.29, 0.717) is 11.7 Å². The number of imidazole rings is 1. The van der Waals surface area contributed by atoms with Crippen LogP contribution < -0.4 is 5.32 Å². The maximum atomic E-state index is 12.4. The van der Waals surface area contributed by atoms with Gasteiger partial charge in [0.15, 0.2) is 0 Å². The number of aliphatic hydroxyl groups is 2. The van der Waals surface area contributed by atoms with Gasteiger partial charge in [-0.2, -0.15) is 0 Å². The molecule has 1 amide bonds. The number of carboxylic acids is 1. The second-order valence-corrected chi connectivity index (χ2v) is 9.74. The molecule has 2 saturated heterocycles. The van der Waals surface area contributed by atoms with Gasteiger partial charge in [-0.05, 0) is 19.8 Å². The molecular weight excluding hydrogens is 408 g/mol. The van der Waals surface area contributed by atoms with Crippen LogP contribution in [0.1, 0.15) is 32.4 Å². The molecule has 3 aliphatic rings. The molecular formula is C20H28N4O5S. The molecule has 3 aliphatic heterocycles. The molecule has 9 nitrogen and oxygen atoms in total. The van der Waals surface area contributed by atoms with Gasteiger partial charge in [-0.3, -0.25) is 4.79 Å². The van der Waals surface area contributed by atoms with E-state index in [0.717, 1.165) is 30.8 Å². The Morgan fingerprint density at radius 2 is 2.23 bits per heavy atom. The Kier molecular flexibility index (Phi) is 5.93. The number of rotatable bonds is 8. The summed E-state index contributed by atoms with van der Waals surface area (Å²) in [6.45, 7) is 5.05. The maximum Gasteiger partial charge on any atom is 0.353 e. The predicted molar refractivity (Wildman–Crippen MR) is 110 cm³/mol. The first kappa shape index (κ1) is 21.4. The molecule has 164 valence electrons. The van der Waals surface area contributed by atoms with Gasteiger partial charge < -0.3 is 30.1 Å². The molecule has 2 fully saturated rings. The van der Waals surface area contributed by atoms with Crippen molar-refractivity contribution >= 4 is 23.6 Å². The molecule has 0 bridgehead atoms. The van der Waals surface area contributed by atoms with Gasteiger partial charge in [0.2, 0.25) is 5.91 Å². The third-order valence-corrected chi connectivity index (χ3v) is 7.88. The van der Waals surface area contributed by atoms with Crippen LogP contribution in [0.15, 0.2) is 23.1 Å². The number of aryl methyl sites for hydroxylation is 1. The Morgan fingerprint density at radius 3 is 2.87 bits per heavy atom. The van der Waals surface area contributed by atoms with Crippen LogP contribution in [-0.2, 0) is 22.7 Å². The number of carbonyl (C=O) groups is 2. The summed E-state index contributed by atoms with van der Waals surface area (Å²) in [5.74, 6) is -1.99. The largest absolute Gasteiger partial charge is 0.477 e. The number of amides is 1. The SMILES string of the molecule is C[C@@H](O)[C@H]1C(=O)N2C(C(=O)O)=C(S[C@@H]3CN[C@H](CCn4cnc(CO)c4)C3)[C@H](C)[C@H]12. The topological polar surface area (TPSA) is 128 Å². The highest BCUT2D eigenvalue weighted by molar-refractivity contribution is 8.03. The average molecular weight is 437 g/mol. The summed E-state index contributed by atoms with van der Waals surface area (Å²) in [6.07, 6.45) is 4.60. The van der Waals surface area contributed by atoms with E-state index in [1.165, 1.54) is 4.90 Å². The van der Waals surface area contributed by atoms with Crippen molar-refractivity contribution in [2.75, 3.05) is 6.54 Å². The van der Waals surface area contributed by atoms with Crippen LogP contribution in [-0.4, -0.2) is 71.6 Å². The van der Waals surface area contributed by atoms with Crippen LogP contribution >= 0.6 is 11.8 Å². The number of nitrogens with one attached hydrogen (secondary N) is 1. The minimum Gasteiger partial charge on any atom is -0.477 e. The zero-order valence-electron chi connectivity index (χ0n) is 17.1. The van der Waals surface area contributed by atoms with Crippen molar-refractivity contribution in [2.24, 2.45) is 11.8 Å². The summed E-state index contributed by atoms with van der Waals surface area (Å²) in [6, 6.07) is 0.0511. The van der Waals surface area contributed by atoms with Crippen LogP contribution in [0, 0.1) is 11.8 Å². The summed E-state index contributed by atoms with van der Waals surface area (Å²) < 4.78 is 1.96. The first-order valence-electron chi connectivity index (χ1n) is 10.3. The number of thioether (sulfide) groups is 1. The third kappa shape index (κ3) is 3.66. The molecule has 0 aromatic carbocycles. The van der Waals surface area contributed by atoms with E-state index >= 15 is 0 Å². The fraction of sp³-hybridized carbons (Fsp3) is 0.650. The highest BCUT2D eigenvalue weighted by Gasteiger charge is 2.60. The van der Waals surface area contributed by atoms with E-state index in [-0.39, 0.29) is 35.4 Å². The quantitative estimate of drug-likeness (QED) is 0.431. The number of aliphatic carboxylic acids is 1. The molecule has 0 radical (unpaired) electrons. The smallest absolute Gasteiger partial charge is 0.353 e. The maximum absolute atomic E-state index is 12.4. The van der Waals surface area contributed by atoms with Crippen molar-refractivity contribution in [1.82, 2.24) is 19.8 Å². The first-order valence-corrected chi connectivity index (χ1v) is 11.2. The van der Waals surface area contributed by atoms with Gasteiger partial charge in [-0.25, -0.2) is 9.78 Å². The molecule has 0 spiro atoms. The fourth-order valence-electron chi connectivity index (χ4n) is 4.87. The van der Waals surface area contributed by atoms with Crippen molar-refractivity contribution in [1.29, 1.82) is 0 Å². The lowest BCUT2D eigenvalue weighted by Gasteiger charge is -2.46. The van der Waals surface area contributed by atoms with Crippen molar-refractivity contribution in [3.8, 4) is 0 Å². The number of hydrogen-bond donors (Lipinski definition) is 4. The standard InChI is InChI=1S/C20H28N4O5S/c1-10-16-15(11(2)26)19(27)24(16)17(20(28)29)18(10)30-14-5-12(21-6-14)3-4-23-7-13(8-25)22-9-23/h7,9-12,14-16,21,25-26H,3-6,8H2,1-2H3,(H,28,29)/t10-,11-,12-,14+,15-,16-/m1/s1. The number of hydrogen-bond acceptors (Lipinski definition) is 7. The van der Waals surface area contributed by atoms with Gasteiger partial charge in [0.25, 0.3) is 0 Å². The average Bonchev–Trinajstić information content (AvgIpc) is 3.39. The first-order chi connectivity index (χ1) is 14.3. The number of β-lactam (4-membered cyclic amide) rings is 1. The fourth-order valence-corrected chi connectivity index (χ4v) is 6.38. The van der Waals surface area contributed by atoms with Gasteiger partial charge in [0.1, 0.15) is 5.70 Å². The van der Waals surface area contributed by atoms with Crippen molar-refractivity contribution in [2.45, 2.75) is 63.3 Å². The summed E-state index contributed by atoms with van der Waals surface area (Å²) in [7, 11) is 0. The zero-order chi connectivity index (χ0) is 21.6. The van der Waals surface area contributed by atoms with E-state index in [1.54, 1.807) is 25.0 Å². The van der Waals surface area contributed by atoms with E-state index in [2.05, 4.69) is 10.3 Å². The Labute approximate surface area is 179 Å². The van der Waals surface area contributed by atoms with Gasteiger partial charge in [-0.1, -0.05) is 6.92 Å². The highest BCUT2D eigenvalue weighted by atomic mass is 32.2. The Balaban J connectivity index is 1.39. The van der Waals surface area contributed by atoms with Gasteiger partial charge >= 0.3 is 5.97 Å². The molecule has 0 saturated carbocycles. The van der Waals surface area contributed by atoms with Crippen LogP contribution in [0.4, 0.5) is 0 Å². The lowest BCUT2D eigenvalue weighted by Crippen LogP contribution is -2.63. The highest BCUT2D eigenvalue weighted by Crippen LogP contribution is 2.51. The van der Waals surface area contributed by atoms with Crippen LogP contribution in [0.2, 0.25) is 0 Å². The molecule has 0 unspecified atom stereocenters. The van der Waals surface area contributed by atoms with Crippen LogP contribution in [0.3, 0.4) is 0 Å². The zero-order valence-corrected chi connectivity index (χ0v) is 17.9. The second kappa shape index (κ2) is 8.33. The monoisotopic (exact) mass is 436 g/mol. The number of aliphatic hydroxyl groups excluding tert-OH is 2. The van der Waals surface area contributed by atoms with Crippen molar-refractivity contribution in [3.63, 3.8) is 0 Å². The Hall–Kier alpha value is -1.88. The van der Waals surface area contributed by atoms with E-state index in [4.69, 9.17) is 5.11 Å². The number of fused-ring (bicyclic) bond motifs is 1. The lowest BCUT2D eigenvalue weighted by molar-refractivity contribution is -0.163. The third-order valence-electron chi connectivity index (χ3n) is 6.37. The Bertz CT molecular complexity index is 869. The molecule has 4 heterocycles. The molecule has 4 rings (SSSR count). The Morgan fingerprint density at radius 1 is 1.47 bits per heavy atom. The number of aromatic nitrogens is 2. The van der Waals surface area contributed by atoms with E-state index in [9.17, 15) is 19.8 Å². The number of carbonyl (C=O) groups excluding carboxylic acids is 1. The minimum atomic E-state index is -1.08. The molecule has 6 atom stereocenters. The normalized spacial score (nSPS) is 31.8. The molecule has 1 aromatic rings. The summed E-state index contributed by atoms with van der Waals surface area (Å²) in [5.41, 5.74) is 0.749. The van der Waals surface area contributed by atoms with Crippen LogP contribution in [0.5, 0.6) is 0 Å². The number of carboxylic acid groups (broad SMARTS) is 1. The summed E-state index contributed by atoms with van der Waals surface area (Å²) in [5, 5.41) is 32.6. The summed E-state index contributed by atoms with van der Waals surface area (Å²) in [4.78, 5) is 30.6. The predicted octanol–water partition coefficient (Wildman–Crippen LogP) is 0.383. The second-order valence-electron chi connectivity index (χ2n) is 8.40. The van der Waals surface area contributed by atoms with Gasteiger partial charge in [0.05, 0.1) is 36.7 Å². The van der Waals surface area contributed by atoms with Crippen LogP contribution in [0.25, 0.3) is 0 Å². The molecule has 1 aromatic heterocycles. The number of nitrogens with zero attached hydrogens (tertiary/aromatic N) is 3. The molecule has 0 aliphatic carbocycles. The van der Waals surface area contributed by atoms with Crippen molar-refractivity contribution in [3.05, 3.63) is 28.8 Å². The summed E-state index contributed by atoms with van der Waals surface area (Å²) >= 11 is 1.56. The molecule has 10 heteroatoms. The van der Waals surface area contributed by atoms with E-state index in [1.807, 2.05) is 17.7 Å². The van der Waals surface area contributed by atoms with Gasteiger partial charge in [0, 0.05) is 41.4 Å². The molecule has 4 N–H and O–H groups in total. The van der Waals surface area contributed by atoms with E-state index < -0.39 is 18.0 Å².